The number of carbonyl (C=O) groups excluding carboxylic acids is 1. The Kier molecular flexibility index (Phi) is 5.29. The van der Waals surface area contributed by atoms with E-state index in [9.17, 15) is 18.0 Å². The third-order valence-corrected chi connectivity index (χ3v) is 4.85. The van der Waals surface area contributed by atoms with E-state index in [0.29, 0.717) is 5.56 Å². The van der Waals surface area contributed by atoms with Crippen LogP contribution in [0.5, 0.6) is 0 Å². The zero-order valence-electron chi connectivity index (χ0n) is 15.4. The lowest BCUT2D eigenvalue weighted by molar-refractivity contribution is 0.0257. The second-order valence-corrected chi connectivity index (χ2v) is 7.13. The van der Waals surface area contributed by atoms with Crippen molar-refractivity contribution in [1.29, 1.82) is 0 Å². The second-order valence-electron chi connectivity index (χ2n) is 6.74. The van der Waals surface area contributed by atoms with Gasteiger partial charge in [0.05, 0.1) is 24.6 Å². The molecule has 1 aromatic carbocycles. The predicted octanol–water partition coefficient (Wildman–Crippen LogP) is 4.43. The van der Waals surface area contributed by atoms with E-state index in [1.54, 1.807) is 6.07 Å². The van der Waals surface area contributed by atoms with Gasteiger partial charge in [0.2, 0.25) is 0 Å². The van der Waals surface area contributed by atoms with Crippen LogP contribution in [0.1, 0.15) is 16.9 Å². The summed E-state index contributed by atoms with van der Waals surface area (Å²) in [6.45, 7) is -0.505. The molecular weight excluding hydrogens is 419 g/mol. The molecule has 30 heavy (non-hydrogen) atoms. The van der Waals surface area contributed by atoms with Crippen molar-refractivity contribution in [2.75, 3.05) is 23.3 Å². The van der Waals surface area contributed by atoms with Crippen molar-refractivity contribution >= 4 is 29.0 Å². The maximum Gasteiger partial charge on any atom is 0.275 e. The van der Waals surface area contributed by atoms with Gasteiger partial charge in [0, 0.05) is 30.3 Å². The largest absolute Gasteiger partial charge is 0.349 e. The van der Waals surface area contributed by atoms with Gasteiger partial charge in [0.1, 0.15) is 16.7 Å². The van der Waals surface area contributed by atoms with Gasteiger partial charge in [0.15, 0.2) is 5.82 Å². The molecule has 0 aliphatic carbocycles. The minimum atomic E-state index is -2.88. The quantitative estimate of drug-likeness (QED) is 0.659. The van der Waals surface area contributed by atoms with E-state index < -0.39 is 24.2 Å². The number of carbonyl (C=O) groups is 1. The highest BCUT2D eigenvalue weighted by Gasteiger charge is 2.40. The van der Waals surface area contributed by atoms with Crippen molar-refractivity contribution in [2.45, 2.75) is 12.3 Å². The molecule has 3 heterocycles. The number of hydrogen-bond donors (Lipinski definition) is 1. The monoisotopic (exact) mass is 433 g/mol. The van der Waals surface area contributed by atoms with E-state index in [2.05, 4.69) is 20.3 Å². The Labute approximate surface area is 174 Å². The van der Waals surface area contributed by atoms with Gasteiger partial charge < -0.3 is 10.2 Å². The third kappa shape index (κ3) is 4.06. The molecule has 1 fully saturated rings. The molecule has 2 aromatic heterocycles. The highest BCUT2D eigenvalue weighted by Crippen LogP contribution is 2.39. The zero-order chi connectivity index (χ0) is 21.3. The number of nitrogens with zero attached hydrogens (tertiary/aromatic N) is 4. The summed E-state index contributed by atoms with van der Waals surface area (Å²) in [4.78, 5) is 26.0. The molecular formula is C20H15ClF3N5O. The molecule has 10 heteroatoms. The van der Waals surface area contributed by atoms with Gasteiger partial charge >= 0.3 is 0 Å². The van der Waals surface area contributed by atoms with Crippen molar-refractivity contribution in [3.63, 3.8) is 0 Å². The van der Waals surface area contributed by atoms with Gasteiger partial charge in [-0.1, -0.05) is 29.8 Å². The maximum absolute atomic E-state index is 14.5. The van der Waals surface area contributed by atoms with Crippen LogP contribution < -0.4 is 10.2 Å². The summed E-state index contributed by atoms with van der Waals surface area (Å²) in [6, 6.07) is 7.49. The lowest BCUT2D eigenvalue weighted by atomic mass is 10.0. The lowest BCUT2D eigenvalue weighted by Crippen LogP contribution is -2.27. The molecule has 0 spiro atoms. The molecule has 1 aliphatic rings. The van der Waals surface area contributed by atoms with Gasteiger partial charge in [0.25, 0.3) is 11.8 Å². The fourth-order valence-corrected chi connectivity index (χ4v) is 3.34. The molecule has 154 valence electrons. The number of nitrogens with one attached hydrogen (secondary N) is 1. The standard InChI is InChI=1S/C20H15ClF3N5O/c21-16-10-26-15(9-27-16)19(30)28-17-13(12-3-1-2-4-14(12)22)5-7-25-18(17)29-8-6-20(23,24)11-29/h1-5,7,9-10H,6,8,11H2,(H,28,30). The molecule has 0 bridgehead atoms. The van der Waals surface area contributed by atoms with Gasteiger partial charge in [-0.3, -0.25) is 4.79 Å². The summed E-state index contributed by atoms with van der Waals surface area (Å²) >= 11 is 5.70. The van der Waals surface area contributed by atoms with Crippen LogP contribution in [0.3, 0.4) is 0 Å². The summed E-state index contributed by atoms with van der Waals surface area (Å²) in [5.41, 5.74) is 0.579. The molecule has 0 unspecified atom stereocenters. The number of benzene rings is 1. The van der Waals surface area contributed by atoms with E-state index in [4.69, 9.17) is 11.6 Å². The van der Waals surface area contributed by atoms with E-state index in [1.807, 2.05) is 0 Å². The van der Waals surface area contributed by atoms with Crippen molar-refractivity contribution in [3.05, 3.63) is 65.6 Å². The van der Waals surface area contributed by atoms with Gasteiger partial charge in [-0.25, -0.2) is 28.1 Å². The Morgan fingerprint density at radius 2 is 1.90 bits per heavy atom. The number of pyridine rings is 1. The minimum Gasteiger partial charge on any atom is -0.349 e. The van der Waals surface area contributed by atoms with Crippen molar-refractivity contribution in [1.82, 2.24) is 15.0 Å². The number of rotatable bonds is 4. The maximum atomic E-state index is 14.5. The first-order valence-electron chi connectivity index (χ1n) is 9.00. The van der Waals surface area contributed by atoms with Gasteiger partial charge in [-0.15, -0.1) is 0 Å². The van der Waals surface area contributed by atoms with E-state index in [-0.39, 0.29) is 40.9 Å². The predicted molar refractivity (Wildman–Crippen MR) is 106 cm³/mol. The van der Waals surface area contributed by atoms with Crippen molar-refractivity contribution < 1.29 is 18.0 Å². The molecule has 4 rings (SSSR count). The topological polar surface area (TPSA) is 71.0 Å². The summed E-state index contributed by atoms with van der Waals surface area (Å²) in [5, 5.41) is 2.76. The van der Waals surface area contributed by atoms with E-state index in [0.717, 1.165) is 0 Å². The first kappa shape index (κ1) is 20.1. The first-order valence-corrected chi connectivity index (χ1v) is 9.37. The van der Waals surface area contributed by atoms with Crippen LogP contribution in [0, 0.1) is 5.82 Å². The molecule has 6 nitrogen and oxygen atoms in total. The SMILES string of the molecule is O=C(Nc1c(-c2ccccc2F)ccnc1N1CCC(F)(F)C1)c1cnc(Cl)cn1. The summed E-state index contributed by atoms with van der Waals surface area (Å²) in [5.74, 6) is -3.93. The highest BCUT2D eigenvalue weighted by molar-refractivity contribution is 6.29. The number of anilines is 2. The summed E-state index contributed by atoms with van der Waals surface area (Å²) < 4.78 is 42.1. The highest BCUT2D eigenvalue weighted by atomic mass is 35.5. The minimum absolute atomic E-state index is 0.0413. The average Bonchev–Trinajstić information content (AvgIpc) is 3.09. The molecule has 0 atom stereocenters. The number of halogens is 4. The Morgan fingerprint density at radius 1 is 1.10 bits per heavy atom. The molecule has 1 amide bonds. The van der Waals surface area contributed by atoms with Crippen molar-refractivity contribution in [2.24, 2.45) is 0 Å². The fourth-order valence-electron chi connectivity index (χ4n) is 3.24. The molecule has 1 N–H and O–H groups in total. The number of amides is 1. The van der Waals surface area contributed by atoms with Crippen LogP contribution in [0.2, 0.25) is 5.15 Å². The Bertz CT molecular complexity index is 1090. The van der Waals surface area contributed by atoms with Crippen LogP contribution in [0.25, 0.3) is 11.1 Å². The zero-order valence-corrected chi connectivity index (χ0v) is 16.2. The smallest absolute Gasteiger partial charge is 0.275 e. The van der Waals surface area contributed by atoms with Crippen LogP contribution in [0.4, 0.5) is 24.7 Å². The molecule has 3 aromatic rings. The van der Waals surface area contributed by atoms with Crippen molar-refractivity contribution in [3.8, 4) is 11.1 Å². The van der Waals surface area contributed by atoms with Gasteiger partial charge in [-0.05, 0) is 12.1 Å². The molecule has 0 radical (unpaired) electrons. The number of alkyl halides is 2. The second kappa shape index (κ2) is 7.91. The Hall–Kier alpha value is -3.20. The van der Waals surface area contributed by atoms with E-state index in [1.165, 1.54) is 47.8 Å². The molecule has 1 aliphatic heterocycles. The fraction of sp³-hybridized carbons (Fsp3) is 0.200. The summed E-state index contributed by atoms with van der Waals surface area (Å²) in [7, 11) is 0. The van der Waals surface area contributed by atoms with Crippen LogP contribution >= 0.6 is 11.6 Å². The molecule has 1 saturated heterocycles. The van der Waals surface area contributed by atoms with Gasteiger partial charge in [-0.2, -0.15) is 0 Å². The Morgan fingerprint density at radius 3 is 2.57 bits per heavy atom. The lowest BCUT2D eigenvalue weighted by Gasteiger charge is -2.23. The van der Waals surface area contributed by atoms with Crippen LogP contribution in [-0.4, -0.2) is 39.9 Å². The van der Waals surface area contributed by atoms with Crippen LogP contribution in [0.15, 0.2) is 48.9 Å². The number of aromatic nitrogens is 3. The van der Waals surface area contributed by atoms with Crippen LogP contribution in [-0.2, 0) is 0 Å². The number of hydrogen-bond acceptors (Lipinski definition) is 5. The summed E-state index contributed by atoms with van der Waals surface area (Å²) in [6.07, 6.45) is 3.44. The average molecular weight is 434 g/mol. The van der Waals surface area contributed by atoms with E-state index >= 15 is 0 Å². The third-order valence-electron chi connectivity index (χ3n) is 4.66. The first-order chi connectivity index (χ1) is 14.3. The molecule has 0 saturated carbocycles. The normalized spacial score (nSPS) is 15.3. The Balaban J connectivity index is 1.79.